The van der Waals surface area contributed by atoms with Gasteiger partial charge in [-0.3, -0.25) is 4.79 Å². The summed E-state index contributed by atoms with van der Waals surface area (Å²) in [7, 11) is 0. The number of anilines is 1. The van der Waals surface area contributed by atoms with Crippen molar-refractivity contribution >= 4 is 11.6 Å². The third-order valence-electron chi connectivity index (χ3n) is 3.79. The van der Waals surface area contributed by atoms with E-state index in [2.05, 4.69) is 10.1 Å². The zero-order valence-corrected chi connectivity index (χ0v) is 12.8. The van der Waals surface area contributed by atoms with Gasteiger partial charge in [0, 0.05) is 18.7 Å². The standard InChI is InChI=1S/C17H15N3O4/c21-16-4-1-9-20(16)12-5-7-13(8-6-12)23-11-15-18-17(19-24-15)14-3-2-10-22-14/h2-3,5-8,10H,1,4,9,11H2. The Balaban J connectivity index is 1.38. The summed E-state index contributed by atoms with van der Waals surface area (Å²) < 4.78 is 16.0. The Labute approximate surface area is 137 Å². The number of hydrogen-bond donors (Lipinski definition) is 0. The van der Waals surface area contributed by atoms with Crippen LogP contribution in [0.2, 0.25) is 0 Å². The van der Waals surface area contributed by atoms with Gasteiger partial charge in [0.05, 0.1) is 6.26 Å². The maximum Gasteiger partial charge on any atom is 0.264 e. The lowest BCUT2D eigenvalue weighted by atomic mass is 10.3. The molecule has 0 unspecified atom stereocenters. The van der Waals surface area contributed by atoms with Crippen molar-refractivity contribution in [2.45, 2.75) is 19.4 Å². The van der Waals surface area contributed by atoms with Gasteiger partial charge in [0.2, 0.25) is 11.7 Å². The van der Waals surface area contributed by atoms with Crippen LogP contribution in [-0.4, -0.2) is 22.6 Å². The van der Waals surface area contributed by atoms with Crippen molar-refractivity contribution in [3.63, 3.8) is 0 Å². The highest BCUT2D eigenvalue weighted by molar-refractivity contribution is 5.95. The van der Waals surface area contributed by atoms with Gasteiger partial charge in [-0.15, -0.1) is 0 Å². The van der Waals surface area contributed by atoms with Gasteiger partial charge in [-0.05, 0) is 42.8 Å². The molecule has 0 atom stereocenters. The Morgan fingerprint density at radius 1 is 1.21 bits per heavy atom. The van der Waals surface area contributed by atoms with Crippen molar-refractivity contribution in [1.29, 1.82) is 0 Å². The minimum Gasteiger partial charge on any atom is -0.484 e. The third-order valence-corrected chi connectivity index (χ3v) is 3.79. The molecule has 1 fully saturated rings. The first-order valence-corrected chi connectivity index (χ1v) is 7.69. The number of benzene rings is 1. The van der Waals surface area contributed by atoms with Crippen LogP contribution in [0.15, 0.2) is 51.6 Å². The van der Waals surface area contributed by atoms with E-state index in [1.807, 2.05) is 24.3 Å². The quantitative estimate of drug-likeness (QED) is 0.717. The second-order valence-electron chi connectivity index (χ2n) is 5.42. The molecule has 0 bridgehead atoms. The maximum absolute atomic E-state index is 11.7. The lowest BCUT2D eigenvalue weighted by Gasteiger charge is -2.15. The van der Waals surface area contributed by atoms with Gasteiger partial charge in [0.15, 0.2) is 12.4 Å². The second kappa shape index (κ2) is 6.19. The summed E-state index contributed by atoms with van der Waals surface area (Å²) in [4.78, 5) is 17.7. The van der Waals surface area contributed by atoms with E-state index in [-0.39, 0.29) is 12.5 Å². The Morgan fingerprint density at radius 2 is 2.08 bits per heavy atom. The summed E-state index contributed by atoms with van der Waals surface area (Å²) in [6, 6.07) is 10.9. The molecule has 0 saturated carbocycles. The Morgan fingerprint density at radius 3 is 2.79 bits per heavy atom. The van der Waals surface area contributed by atoms with Crippen LogP contribution in [0.25, 0.3) is 11.6 Å². The zero-order valence-electron chi connectivity index (χ0n) is 12.8. The molecule has 2 aromatic heterocycles. The normalized spacial score (nSPS) is 14.3. The van der Waals surface area contributed by atoms with Crippen LogP contribution in [0.4, 0.5) is 5.69 Å². The van der Waals surface area contributed by atoms with Crippen LogP contribution in [-0.2, 0) is 11.4 Å². The van der Waals surface area contributed by atoms with Crippen LogP contribution >= 0.6 is 0 Å². The third kappa shape index (κ3) is 2.88. The topological polar surface area (TPSA) is 81.6 Å². The second-order valence-corrected chi connectivity index (χ2v) is 5.42. The van der Waals surface area contributed by atoms with Crippen molar-refractivity contribution < 1.29 is 18.5 Å². The molecule has 0 radical (unpaired) electrons. The van der Waals surface area contributed by atoms with Gasteiger partial charge < -0.3 is 18.6 Å². The molecule has 3 aromatic rings. The number of rotatable bonds is 5. The SMILES string of the molecule is O=C1CCCN1c1ccc(OCc2nc(-c3ccco3)no2)cc1. The molecule has 0 aliphatic carbocycles. The largest absolute Gasteiger partial charge is 0.484 e. The van der Waals surface area contributed by atoms with Gasteiger partial charge >= 0.3 is 0 Å². The number of carbonyl (C=O) groups excluding carboxylic acids is 1. The Hall–Kier alpha value is -3.09. The number of nitrogens with zero attached hydrogens (tertiary/aromatic N) is 3. The number of hydrogen-bond acceptors (Lipinski definition) is 6. The van der Waals surface area contributed by atoms with Crippen LogP contribution < -0.4 is 9.64 Å². The summed E-state index contributed by atoms with van der Waals surface area (Å²) in [6.45, 7) is 0.937. The van der Waals surface area contributed by atoms with Gasteiger partial charge in [0.25, 0.3) is 5.89 Å². The predicted octanol–water partition coefficient (Wildman–Crippen LogP) is 3.04. The molecule has 1 amide bonds. The smallest absolute Gasteiger partial charge is 0.264 e. The molecular formula is C17H15N3O4. The number of furan rings is 1. The average molecular weight is 325 g/mol. The molecule has 0 N–H and O–H groups in total. The lowest BCUT2D eigenvalue weighted by molar-refractivity contribution is -0.117. The van der Waals surface area contributed by atoms with Gasteiger partial charge in [-0.1, -0.05) is 5.16 Å². The fraction of sp³-hybridized carbons (Fsp3) is 0.235. The fourth-order valence-corrected chi connectivity index (χ4v) is 2.61. The molecule has 122 valence electrons. The molecule has 0 spiro atoms. The molecule has 1 aromatic carbocycles. The Kier molecular flexibility index (Phi) is 3.74. The summed E-state index contributed by atoms with van der Waals surface area (Å²) in [5.74, 6) is 2.13. The maximum atomic E-state index is 11.7. The first-order valence-electron chi connectivity index (χ1n) is 7.69. The van der Waals surface area contributed by atoms with Crippen molar-refractivity contribution in [2.24, 2.45) is 0 Å². The summed E-state index contributed by atoms with van der Waals surface area (Å²) in [5, 5.41) is 3.84. The highest BCUT2D eigenvalue weighted by atomic mass is 16.5. The predicted molar refractivity (Wildman–Crippen MR) is 84.4 cm³/mol. The highest BCUT2D eigenvalue weighted by Crippen LogP contribution is 2.24. The van der Waals surface area contributed by atoms with Crippen LogP contribution in [0, 0.1) is 0 Å². The minimum atomic E-state index is 0.162. The van der Waals surface area contributed by atoms with Crippen LogP contribution in [0.3, 0.4) is 0 Å². The van der Waals surface area contributed by atoms with E-state index in [4.69, 9.17) is 13.7 Å². The molecule has 1 aliphatic heterocycles. The van der Waals surface area contributed by atoms with E-state index in [1.165, 1.54) is 0 Å². The van der Waals surface area contributed by atoms with Crippen molar-refractivity contribution in [3.8, 4) is 17.3 Å². The molecule has 1 saturated heterocycles. The highest BCUT2D eigenvalue weighted by Gasteiger charge is 2.21. The first-order chi connectivity index (χ1) is 11.8. The van der Waals surface area contributed by atoms with Crippen molar-refractivity contribution in [2.75, 3.05) is 11.4 Å². The molecule has 4 rings (SSSR count). The van der Waals surface area contributed by atoms with Gasteiger partial charge in [-0.2, -0.15) is 4.98 Å². The number of amides is 1. The lowest BCUT2D eigenvalue weighted by Crippen LogP contribution is -2.23. The molecular weight excluding hydrogens is 310 g/mol. The van der Waals surface area contributed by atoms with Crippen molar-refractivity contribution in [3.05, 3.63) is 48.6 Å². The number of ether oxygens (including phenoxy) is 1. The number of carbonyl (C=O) groups is 1. The molecule has 7 heteroatoms. The Bertz CT molecular complexity index is 824. The van der Waals surface area contributed by atoms with Crippen LogP contribution in [0.5, 0.6) is 5.75 Å². The van der Waals surface area contributed by atoms with Gasteiger partial charge in [-0.25, -0.2) is 0 Å². The first kappa shape index (κ1) is 14.5. The summed E-state index contributed by atoms with van der Waals surface area (Å²) in [5.41, 5.74) is 0.891. The van der Waals surface area contributed by atoms with Gasteiger partial charge in [0.1, 0.15) is 5.75 Å². The monoisotopic (exact) mass is 325 g/mol. The summed E-state index contributed by atoms with van der Waals surface area (Å²) >= 11 is 0. The van der Waals surface area contributed by atoms with E-state index in [0.29, 0.717) is 29.6 Å². The zero-order chi connectivity index (χ0) is 16.4. The van der Waals surface area contributed by atoms with E-state index in [1.54, 1.807) is 23.3 Å². The number of aromatic nitrogens is 2. The van der Waals surface area contributed by atoms with Crippen LogP contribution in [0.1, 0.15) is 18.7 Å². The molecule has 3 heterocycles. The molecule has 24 heavy (non-hydrogen) atoms. The fourth-order valence-electron chi connectivity index (χ4n) is 2.61. The van der Waals surface area contributed by atoms with E-state index >= 15 is 0 Å². The summed E-state index contributed by atoms with van der Waals surface area (Å²) in [6.07, 6.45) is 3.08. The van der Waals surface area contributed by atoms with E-state index in [0.717, 1.165) is 18.7 Å². The van der Waals surface area contributed by atoms with E-state index < -0.39 is 0 Å². The minimum absolute atomic E-state index is 0.162. The average Bonchev–Trinajstić information content (AvgIpc) is 3.35. The molecule has 1 aliphatic rings. The van der Waals surface area contributed by atoms with Crippen molar-refractivity contribution in [1.82, 2.24) is 10.1 Å². The van der Waals surface area contributed by atoms with E-state index in [9.17, 15) is 4.79 Å². The molecule has 7 nitrogen and oxygen atoms in total.